The summed E-state index contributed by atoms with van der Waals surface area (Å²) >= 11 is 0. The minimum Gasteiger partial charge on any atom is -0.239 e. The molecule has 0 atom stereocenters. The maximum atomic E-state index is 3.02. The van der Waals surface area contributed by atoms with Crippen molar-refractivity contribution in [2.24, 2.45) is 0 Å². The summed E-state index contributed by atoms with van der Waals surface area (Å²) in [6, 6.07) is 17.9. The Labute approximate surface area is 117 Å². The smallest absolute Gasteiger partial charge is 0.239 e. The van der Waals surface area contributed by atoms with Crippen molar-refractivity contribution in [1.82, 2.24) is 0 Å². The standard InChI is InChI=1S/C10H6.2Na/c1-2-6-10-8-4-3-7-9(10)5-1;;/h1,4-8H;;/q-2;2*+1. The zero-order chi connectivity index (χ0) is 6.81. The molecule has 0 radical (unpaired) electrons. The summed E-state index contributed by atoms with van der Waals surface area (Å²) in [6.45, 7) is 0. The molecule has 0 unspecified atom stereocenters. The van der Waals surface area contributed by atoms with Crippen LogP contribution in [-0.4, -0.2) is 0 Å². The van der Waals surface area contributed by atoms with E-state index >= 15 is 0 Å². The first-order valence-electron chi connectivity index (χ1n) is 3.23. The van der Waals surface area contributed by atoms with Crippen LogP contribution in [0.4, 0.5) is 0 Å². The minimum absolute atomic E-state index is 0. The third-order valence-corrected chi connectivity index (χ3v) is 1.53. The SMILES string of the molecule is [Na+].[Na+].[c-]1ccc2c[c-]ccc2c1. The van der Waals surface area contributed by atoms with Crippen molar-refractivity contribution < 1.29 is 59.1 Å². The number of benzene rings is 2. The van der Waals surface area contributed by atoms with E-state index in [4.69, 9.17) is 0 Å². The van der Waals surface area contributed by atoms with Gasteiger partial charge in [0.15, 0.2) is 0 Å². The Morgan fingerprint density at radius 3 is 1.58 bits per heavy atom. The Kier molecular flexibility index (Phi) is 6.56. The third kappa shape index (κ3) is 2.88. The van der Waals surface area contributed by atoms with Crippen LogP contribution in [0.3, 0.4) is 0 Å². The zero-order valence-electron chi connectivity index (χ0n) is 7.46. The summed E-state index contributed by atoms with van der Waals surface area (Å²) in [5.41, 5.74) is 0. The molecule has 0 saturated carbocycles. The van der Waals surface area contributed by atoms with E-state index < -0.39 is 0 Å². The quantitative estimate of drug-likeness (QED) is 0.285. The van der Waals surface area contributed by atoms with Crippen molar-refractivity contribution in [2.45, 2.75) is 0 Å². The van der Waals surface area contributed by atoms with Gasteiger partial charge in [0.05, 0.1) is 0 Å². The van der Waals surface area contributed by atoms with E-state index in [1.165, 1.54) is 10.8 Å². The molecular weight excluding hydrogens is 166 g/mol. The number of hydrogen-bond acceptors (Lipinski definition) is 0. The molecule has 0 aromatic heterocycles. The van der Waals surface area contributed by atoms with E-state index in [2.05, 4.69) is 12.1 Å². The molecule has 0 N–H and O–H groups in total. The molecule has 0 aliphatic carbocycles. The van der Waals surface area contributed by atoms with Gasteiger partial charge in [-0.1, -0.05) is 0 Å². The van der Waals surface area contributed by atoms with Crippen LogP contribution in [0.15, 0.2) is 36.4 Å². The van der Waals surface area contributed by atoms with Gasteiger partial charge in [0, 0.05) is 0 Å². The molecule has 2 aromatic carbocycles. The summed E-state index contributed by atoms with van der Waals surface area (Å²) in [4.78, 5) is 0. The summed E-state index contributed by atoms with van der Waals surface area (Å²) in [6.07, 6.45) is 0. The average Bonchev–Trinajstić information content (AvgIpc) is 2.05. The first kappa shape index (κ1) is 12.7. The molecule has 0 heterocycles. The van der Waals surface area contributed by atoms with Gasteiger partial charge < -0.3 is 0 Å². The topological polar surface area (TPSA) is 0 Å². The van der Waals surface area contributed by atoms with Crippen LogP contribution in [-0.2, 0) is 0 Å². The Morgan fingerprint density at radius 1 is 0.750 bits per heavy atom. The van der Waals surface area contributed by atoms with Crippen molar-refractivity contribution in [3.63, 3.8) is 0 Å². The maximum Gasteiger partial charge on any atom is 1.00 e. The van der Waals surface area contributed by atoms with Crippen LogP contribution in [0.1, 0.15) is 0 Å². The number of fused-ring (bicyclic) bond motifs is 1. The van der Waals surface area contributed by atoms with E-state index in [1.807, 2.05) is 36.4 Å². The zero-order valence-corrected chi connectivity index (χ0v) is 11.5. The molecule has 2 heteroatoms. The predicted molar refractivity (Wildman–Crippen MR) is 41.6 cm³/mol. The van der Waals surface area contributed by atoms with Gasteiger partial charge in [0.1, 0.15) is 0 Å². The van der Waals surface area contributed by atoms with Crippen LogP contribution >= 0.6 is 0 Å². The molecule has 0 nitrogen and oxygen atoms in total. The second-order valence-electron chi connectivity index (χ2n) is 2.20. The van der Waals surface area contributed by atoms with E-state index in [0.29, 0.717) is 0 Å². The molecule has 0 bridgehead atoms. The molecule has 2 aromatic rings. The Balaban J connectivity index is 0.000000605. The monoisotopic (exact) mass is 172 g/mol. The van der Waals surface area contributed by atoms with Gasteiger partial charge in [-0.05, 0) is 0 Å². The third-order valence-electron chi connectivity index (χ3n) is 1.53. The van der Waals surface area contributed by atoms with Gasteiger partial charge in [-0.25, -0.2) is 22.9 Å². The molecule has 0 fully saturated rings. The van der Waals surface area contributed by atoms with Gasteiger partial charge in [-0.15, -0.1) is 0 Å². The average molecular weight is 172 g/mol. The normalized spacial score (nSPS) is 8.33. The Bertz CT molecular complexity index is 279. The van der Waals surface area contributed by atoms with Crippen LogP contribution < -0.4 is 59.1 Å². The number of rotatable bonds is 0. The van der Waals surface area contributed by atoms with Gasteiger partial charge >= 0.3 is 59.1 Å². The summed E-state index contributed by atoms with van der Waals surface area (Å²) in [5.74, 6) is 0. The van der Waals surface area contributed by atoms with E-state index in [-0.39, 0.29) is 59.1 Å². The van der Waals surface area contributed by atoms with Crippen molar-refractivity contribution >= 4 is 10.8 Å². The predicted octanol–water partition coefficient (Wildman–Crippen LogP) is -3.55. The minimum atomic E-state index is 0. The van der Waals surface area contributed by atoms with E-state index in [0.717, 1.165) is 0 Å². The van der Waals surface area contributed by atoms with Crippen LogP contribution in [0.2, 0.25) is 0 Å². The van der Waals surface area contributed by atoms with Crippen molar-refractivity contribution in [3.05, 3.63) is 48.5 Å². The molecular formula is C10H6Na2. The van der Waals surface area contributed by atoms with Crippen molar-refractivity contribution in [3.8, 4) is 0 Å². The molecule has 0 saturated heterocycles. The summed E-state index contributed by atoms with van der Waals surface area (Å²) < 4.78 is 0. The second kappa shape index (κ2) is 6.20. The van der Waals surface area contributed by atoms with Crippen LogP contribution in [0.5, 0.6) is 0 Å². The largest absolute Gasteiger partial charge is 1.00 e. The molecule has 0 spiro atoms. The molecule has 0 aliphatic rings. The van der Waals surface area contributed by atoms with E-state index in [1.54, 1.807) is 0 Å². The van der Waals surface area contributed by atoms with Crippen molar-refractivity contribution in [2.75, 3.05) is 0 Å². The molecule has 2 rings (SSSR count). The summed E-state index contributed by atoms with van der Waals surface area (Å²) in [5, 5.41) is 2.45. The fourth-order valence-electron chi connectivity index (χ4n) is 1.01. The Morgan fingerprint density at radius 2 is 1.17 bits per heavy atom. The molecule has 48 valence electrons. The van der Waals surface area contributed by atoms with Crippen LogP contribution in [0.25, 0.3) is 10.8 Å². The van der Waals surface area contributed by atoms with Crippen LogP contribution in [0, 0.1) is 12.1 Å². The molecule has 0 aliphatic heterocycles. The fraction of sp³-hybridized carbons (Fsp3) is 0. The van der Waals surface area contributed by atoms with Crippen molar-refractivity contribution in [1.29, 1.82) is 0 Å². The second-order valence-corrected chi connectivity index (χ2v) is 2.20. The maximum absolute atomic E-state index is 3.02. The van der Waals surface area contributed by atoms with Gasteiger partial charge in [0.25, 0.3) is 0 Å². The molecule has 0 amide bonds. The first-order valence-corrected chi connectivity index (χ1v) is 3.23. The van der Waals surface area contributed by atoms with Gasteiger partial charge in [-0.2, -0.15) is 36.4 Å². The first-order chi connectivity index (χ1) is 4.97. The van der Waals surface area contributed by atoms with E-state index in [9.17, 15) is 0 Å². The molecule has 12 heavy (non-hydrogen) atoms. The van der Waals surface area contributed by atoms with Gasteiger partial charge in [-0.3, -0.25) is 0 Å². The summed E-state index contributed by atoms with van der Waals surface area (Å²) in [7, 11) is 0. The number of hydrogen-bond donors (Lipinski definition) is 0. The Hall–Kier alpha value is 0.700. The fourth-order valence-corrected chi connectivity index (χ4v) is 1.01. The van der Waals surface area contributed by atoms with Gasteiger partial charge in [0.2, 0.25) is 0 Å².